The van der Waals surface area contributed by atoms with E-state index < -0.39 is 0 Å². The second-order valence-electron chi connectivity index (χ2n) is 5.24. The molecule has 0 N–H and O–H groups in total. The lowest BCUT2D eigenvalue weighted by atomic mass is 10.0. The molecule has 0 atom stereocenters. The van der Waals surface area contributed by atoms with Crippen LogP contribution in [0.1, 0.15) is 16.7 Å². The van der Waals surface area contributed by atoms with Crippen molar-refractivity contribution in [1.29, 1.82) is 0 Å². The molecule has 1 aliphatic heterocycles. The molecule has 22 heavy (non-hydrogen) atoms. The highest BCUT2D eigenvalue weighted by Gasteiger charge is 2.23. The van der Waals surface area contributed by atoms with Gasteiger partial charge in [0.15, 0.2) is 0 Å². The maximum atomic E-state index is 12.2. The third-order valence-electron chi connectivity index (χ3n) is 3.71. The Morgan fingerprint density at radius 3 is 2.82 bits per heavy atom. The number of carbonyl (C=O) groups excluding carboxylic acids is 1. The fourth-order valence-corrected chi connectivity index (χ4v) is 3.55. The Morgan fingerprint density at radius 1 is 1.27 bits per heavy atom. The zero-order valence-electron chi connectivity index (χ0n) is 11.9. The minimum Gasteiger partial charge on any atom is -0.445 e. The van der Waals surface area contributed by atoms with E-state index in [1.807, 2.05) is 42.5 Å². The van der Waals surface area contributed by atoms with Crippen LogP contribution < -0.4 is 0 Å². The van der Waals surface area contributed by atoms with Gasteiger partial charge in [-0.2, -0.15) is 0 Å². The summed E-state index contributed by atoms with van der Waals surface area (Å²) in [4.78, 5) is 13.9. The number of ether oxygens (including phenoxy) is 1. The summed E-state index contributed by atoms with van der Waals surface area (Å²) in [6, 6.07) is 13.6. The number of hydrogen-bond donors (Lipinski definition) is 0. The summed E-state index contributed by atoms with van der Waals surface area (Å²) in [5, 5.41) is 0.752. The second kappa shape index (κ2) is 6.71. The van der Waals surface area contributed by atoms with Gasteiger partial charge in [0, 0.05) is 22.6 Å². The van der Waals surface area contributed by atoms with Gasteiger partial charge in [-0.25, -0.2) is 4.79 Å². The van der Waals surface area contributed by atoms with Crippen molar-refractivity contribution < 1.29 is 9.53 Å². The molecule has 2 aromatic rings. The van der Waals surface area contributed by atoms with E-state index in [-0.39, 0.29) is 6.09 Å². The fraction of sp³-hybridized carbons (Fsp3) is 0.235. The van der Waals surface area contributed by atoms with E-state index in [9.17, 15) is 4.79 Å². The van der Waals surface area contributed by atoms with Crippen LogP contribution in [0.2, 0.25) is 5.02 Å². The van der Waals surface area contributed by atoms with E-state index in [2.05, 4.69) is 15.9 Å². The van der Waals surface area contributed by atoms with E-state index in [0.717, 1.165) is 32.6 Å². The predicted molar refractivity (Wildman–Crippen MR) is 89.9 cm³/mol. The van der Waals surface area contributed by atoms with Crippen LogP contribution in [-0.4, -0.2) is 17.5 Å². The van der Waals surface area contributed by atoms with Gasteiger partial charge >= 0.3 is 6.09 Å². The average Bonchev–Trinajstić information content (AvgIpc) is 2.53. The van der Waals surface area contributed by atoms with E-state index in [4.69, 9.17) is 16.3 Å². The number of rotatable bonds is 2. The smallest absolute Gasteiger partial charge is 0.410 e. The van der Waals surface area contributed by atoms with Crippen LogP contribution in [0.25, 0.3) is 0 Å². The molecule has 0 saturated heterocycles. The summed E-state index contributed by atoms with van der Waals surface area (Å²) in [6.45, 7) is 1.45. The van der Waals surface area contributed by atoms with Crippen molar-refractivity contribution in [3.63, 3.8) is 0 Å². The number of hydrogen-bond acceptors (Lipinski definition) is 2. The number of benzene rings is 2. The Morgan fingerprint density at radius 2 is 2.05 bits per heavy atom. The van der Waals surface area contributed by atoms with Crippen molar-refractivity contribution >= 4 is 33.6 Å². The molecule has 3 nitrogen and oxygen atoms in total. The molecule has 3 rings (SSSR count). The second-order valence-corrected chi connectivity index (χ2v) is 6.56. The lowest BCUT2D eigenvalue weighted by Crippen LogP contribution is -2.36. The van der Waals surface area contributed by atoms with Crippen LogP contribution >= 0.6 is 27.5 Å². The number of nitrogens with zero attached hydrogens (tertiary/aromatic N) is 1. The van der Waals surface area contributed by atoms with Gasteiger partial charge in [0.05, 0.1) is 0 Å². The Hall–Kier alpha value is -1.52. The molecule has 1 amide bonds. The van der Waals surface area contributed by atoms with Crippen LogP contribution in [0.4, 0.5) is 4.79 Å². The summed E-state index contributed by atoms with van der Waals surface area (Å²) >= 11 is 9.69. The van der Waals surface area contributed by atoms with Crippen LogP contribution in [-0.2, 0) is 24.3 Å². The van der Waals surface area contributed by atoms with Crippen molar-refractivity contribution in [2.75, 3.05) is 6.54 Å². The normalized spacial score (nSPS) is 13.6. The summed E-state index contributed by atoms with van der Waals surface area (Å²) in [7, 11) is 0. The minimum absolute atomic E-state index is 0.286. The first kappa shape index (κ1) is 15.4. The predicted octanol–water partition coefficient (Wildman–Crippen LogP) is 4.80. The quantitative estimate of drug-likeness (QED) is 0.749. The molecule has 0 aromatic heterocycles. The van der Waals surface area contributed by atoms with Gasteiger partial charge in [0.1, 0.15) is 6.61 Å². The molecule has 1 heterocycles. The number of fused-ring (bicyclic) bond motifs is 1. The molecule has 0 bridgehead atoms. The van der Waals surface area contributed by atoms with E-state index in [0.29, 0.717) is 19.7 Å². The van der Waals surface area contributed by atoms with Crippen LogP contribution in [0.15, 0.2) is 46.9 Å². The number of carbonyl (C=O) groups is 1. The van der Waals surface area contributed by atoms with Crippen molar-refractivity contribution in [3.05, 3.63) is 68.7 Å². The Labute approximate surface area is 143 Å². The minimum atomic E-state index is -0.286. The number of amides is 1. The van der Waals surface area contributed by atoms with E-state index in [1.54, 1.807) is 4.90 Å². The van der Waals surface area contributed by atoms with Gasteiger partial charge in [0.2, 0.25) is 0 Å². The zero-order valence-corrected chi connectivity index (χ0v) is 14.2. The Balaban J connectivity index is 1.65. The lowest BCUT2D eigenvalue weighted by Gasteiger charge is -2.29. The zero-order chi connectivity index (χ0) is 15.5. The molecule has 0 fully saturated rings. The molecule has 2 aromatic carbocycles. The standard InChI is InChI=1S/C17H15BrClNO2/c18-14-8-13-10-20(7-6-15(13)16(19)9-14)17(21)22-11-12-4-2-1-3-5-12/h1-5,8-9H,6-7,10-11H2. The lowest BCUT2D eigenvalue weighted by molar-refractivity contribution is 0.0918. The highest BCUT2D eigenvalue weighted by molar-refractivity contribution is 9.10. The Kier molecular flexibility index (Phi) is 4.69. The molecule has 0 unspecified atom stereocenters. The van der Waals surface area contributed by atoms with Gasteiger partial charge in [0.25, 0.3) is 0 Å². The van der Waals surface area contributed by atoms with Gasteiger partial charge in [-0.3, -0.25) is 0 Å². The van der Waals surface area contributed by atoms with E-state index in [1.165, 1.54) is 0 Å². The van der Waals surface area contributed by atoms with Crippen molar-refractivity contribution in [3.8, 4) is 0 Å². The monoisotopic (exact) mass is 379 g/mol. The summed E-state index contributed by atoms with van der Waals surface area (Å²) in [5.74, 6) is 0. The third kappa shape index (κ3) is 3.45. The van der Waals surface area contributed by atoms with Crippen molar-refractivity contribution in [2.45, 2.75) is 19.6 Å². The molecule has 0 aliphatic carbocycles. The third-order valence-corrected chi connectivity index (χ3v) is 4.50. The molecular formula is C17H15BrClNO2. The molecule has 1 aliphatic rings. The average molecular weight is 381 g/mol. The summed E-state index contributed by atoms with van der Waals surface area (Å²) < 4.78 is 6.31. The van der Waals surface area contributed by atoms with Crippen molar-refractivity contribution in [2.24, 2.45) is 0 Å². The van der Waals surface area contributed by atoms with Crippen LogP contribution in [0, 0.1) is 0 Å². The van der Waals surface area contributed by atoms with Gasteiger partial charge in [-0.15, -0.1) is 0 Å². The molecule has 0 spiro atoms. The Bertz CT molecular complexity index is 691. The maximum absolute atomic E-state index is 12.2. The SMILES string of the molecule is O=C(OCc1ccccc1)N1CCc2c(Cl)cc(Br)cc2C1. The summed E-state index contributed by atoms with van der Waals surface area (Å²) in [6.07, 6.45) is 0.465. The van der Waals surface area contributed by atoms with Crippen molar-refractivity contribution in [1.82, 2.24) is 4.90 Å². The first-order valence-corrected chi connectivity index (χ1v) is 8.23. The highest BCUT2D eigenvalue weighted by atomic mass is 79.9. The van der Waals surface area contributed by atoms with E-state index >= 15 is 0 Å². The largest absolute Gasteiger partial charge is 0.445 e. The van der Waals surface area contributed by atoms with Gasteiger partial charge < -0.3 is 9.64 Å². The fourth-order valence-electron chi connectivity index (χ4n) is 2.58. The van der Waals surface area contributed by atoms with Crippen LogP contribution in [0.5, 0.6) is 0 Å². The summed E-state index contributed by atoms with van der Waals surface area (Å²) in [5.41, 5.74) is 3.18. The molecule has 114 valence electrons. The van der Waals surface area contributed by atoms with Gasteiger partial charge in [-0.1, -0.05) is 57.9 Å². The maximum Gasteiger partial charge on any atom is 0.410 e. The topological polar surface area (TPSA) is 29.5 Å². The van der Waals surface area contributed by atoms with Crippen LogP contribution in [0.3, 0.4) is 0 Å². The molecular weight excluding hydrogens is 366 g/mol. The molecule has 0 saturated carbocycles. The highest BCUT2D eigenvalue weighted by Crippen LogP contribution is 2.30. The molecule has 0 radical (unpaired) electrons. The number of halogens is 2. The first-order chi connectivity index (χ1) is 10.6. The van der Waals surface area contributed by atoms with Gasteiger partial charge in [-0.05, 0) is 35.2 Å². The molecule has 5 heteroatoms. The first-order valence-electron chi connectivity index (χ1n) is 7.06.